The summed E-state index contributed by atoms with van der Waals surface area (Å²) in [5.74, 6) is 0.109. The molecule has 0 saturated heterocycles. The minimum atomic E-state index is -0.116. The van der Waals surface area contributed by atoms with Crippen molar-refractivity contribution in [2.45, 2.75) is 20.8 Å². The maximum Gasteiger partial charge on any atom is 0.222 e. The van der Waals surface area contributed by atoms with Gasteiger partial charge in [-0.3, -0.25) is 4.79 Å². The average molecular weight is 154 g/mol. The molecule has 0 heterocycles. The molecule has 0 amide bonds. The Morgan fingerprint density at radius 2 is 2.18 bits per heavy atom. The minimum Gasteiger partial charge on any atom is -0.490 e. The fourth-order valence-corrected chi connectivity index (χ4v) is 0.591. The number of rotatable bonds is 4. The number of carbonyl (C=O) groups excluding carboxylic acids is 1. The lowest BCUT2D eigenvalue weighted by atomic mass is 10.2. The summed E-state index contributed by atoms with van der Waals surface area (Å²) in [4.78, 5) is 11.2. The van der Waals surface area contributed by atoms with Crippen LogP contribution >= 0.6 is 0 Å². The smallest absolute Gasteiger partial charge is 0.222 e. The number of ketones is 1. The number of ether oxygens (including phenoxy) is 1. The monoisotopic (exact) mass is 154 g/mol. The lowest BCUT2D eigenvalue weighted by Gasteiger charge is -2.04. The lowest BCUT2D eigenvalue weighted by Crippen LogP contribution is -2.05. The summed E-state index contributed by atoms with van der Waals surface area (Å²) in [7, 11) is 0. The average Bonchev–Trinajstić information content (AvgIpc) is 2.02. The van der Waals surface area contributed by atoms with Gasteiger partial charge in [0, 0.05) is 0 Å². The Morgan fingerprint density at radius 3 is 2.55 bits per heavy atom. The highest BCUT2D eigenvalue weighted by atomic mass is 16.5. The van der Waals surface area contributed by atoms with E-state index in [-0.39, 0.29) is 11.5 Å². The van der Waals surface area contributed by atoms with Gasteiger partial charge in [-0.1, -0.05) is 12.7 Å². The lowest BCUT2D eigenvalue weighted by molar-refractivity contribution is -0.115. The van der Waals surface area contributed by atoms with E-state index in [0.717, 1.165) is 0 Å². The van der Waals surface area contributed by atoms with Crippen LogP contribution in [0.25, 0.3) is 0 Å². The molecule has 0 aromatic heterocycles. The van der Waals surface area contributed by atoms with Crippen LogP contribution in [0.4, 0.5) is 0 Å². The molecule has 0 aliphatic rings. The Labute approximate surface area is 67.6 Å². The molecule has 62 valence electrons. The van der Waals surface area contributed by atoms with E-state index in [9.17, 15) is 4.79 Å². The van der Waals surface area contributed by atoms with Crippen molar-refractivity contribution in [2.24, 2.45) is 0 Å². The van der Waals surface area contributed by atoms with Crippen LogP contribution in [-0.2, 0) is 9.53 Å². The van der Waals surface area contributed by atoms with Crippen molar-refractivity contribution in [1.82, 2.24) is 0 Å². The van der Waals surface area contributed by atoms with E-state index in [1.807, 2.05) is 13.8 Å². The number of allylic oxidation sites excluding steroid dienone is 2. The van der Waals surface area contributed by atoms with Crippen molar-refractivity contribution < 1.29 is 9.53 Å². The summed E-state index contributed by atoms with van der Waals surface area (Å²) >= 11 is 0. The van der Waals surface area contributed by atoms with E-state index in [1.54, 1.807) is 13.0 Å². The predicted molar refractivity (Wildman–Crippen MR) is 45.2 cm³/mol. The van der Waals surface area contributed by atoms with E-state index in [1.165, 1.54) is 0 Å². The molecule has 0 bridgehead atoms. The summed E-state index contributed by atoms with van der Waals surface area (Å²) < 4.78 is 4.94. The van der Waals surface area contributed by atoms with Crippen LogP contribution in [-0.4, -0.2) is 12.4 Å². The second-order valence-electron chi connectivity index (χ2n) is 2.16. The zero-order valence-corrected chi connectivity index (χ0v) is 7.31. The molecule has 0 spiro atoms. The molecule has 2 heteroatoms. The van der Waals surface area contributed by atoms with Gasteiger partial charge in [0.05, 0.1) is 6.61 Å². The van der Waals surface area contributed by atoms with Gasteiger partial charge >= 0.3 is 0 Å². The molecule has 0 N–H and O–H groups in total. The van der Waals surface area contributed by atoms with Gasteiger partial charge < -0.3 is 4.74 Å². The molecule has 2 nitrogen and oxygen atoms in total. The zero-order chi connectivity index (χ0) is 8.85. The van der Waals surface area contributed by atoms with Gasteiger partial charge in [-0.05, 0) is 26.3 Å². The fraction of sp³-hybridized carbons (Fsp3) is 0.444. The quantitative estimate of drug-likeness (QED) is 0.457. The molecule has 0 radical (unpaired) electrons. The van der Waals surface area contributed by atoms with Gasteiger partial charge in [-0.2, -0.15) is 0 Å². The van der Waals surface area contributed by atoms with Crippen LogP contribution in [0.3, 0.4) is 0 Å². The first-order valence-corrected chi connectivity index (χ1v) is 3.62. The van der Waals surface area contributed by atoms with E-state index in [2.05, 4.69) is 6.58 Å². The SMILES string of the molecule is C=C(OCC)C(=O)/C(C)=C/C. The summed E-state index contributed by atoms with van der Waals surface area (Å²) in [6.07, 6.45) is 1.74. The first kappa shape index (κ1) is 9.95. The molecule has 0 atom stereocenters. The van der Waals surface area contributed by atoms with Crippen molar-refractivity contribution in [2.75, 3.05) is 6.61 Å². The highest BCUT2D eigenvalue weighted by Gasteiger charge is 2.08. The molecule has 0 aromatic carbocycles. The van der Waals surface area contributed by atoms with Crippen molar-refractivity contribution in [1.29, 1.82) is 0 Å². The molecule has 0 aliphatic carbocycles. The van der Waals surface area contributed by atoms with Gasteiger partial charge in [0.15, 0.2) is 5.76 Å². The highest BCUT2D eigenvalue weighted by molar-refractivity contribution is 6.05. The first-order valence-electron chi connectivity index (χ1n) is 3.62. The van der Waals surface area contributed by atoms with E-state index < -0.39 is 0 Å². The topological polar surface area (TPSA) is 26.3 Å². The van der Waals surface area contributed by atoms with E-state index in [0.29, 0.717) is 12.2 Å². The van der Waals surface area contributed by atoms with Crippen molar-refractivity contribution in [3.8, 4) is 0 Å². The molecule has 11 heavy (non-hydrogen) atoms. The molecule has 0 aliphatic heterocycles. The Balaban J connectivity index is 4.15. The molecule has 0 unspecified atom stereocenters. The molecule has 0 fully saturated rings. The zero-order valence-electron chi connectivity index (χ0n) is 7.31. The van der Waals surface area contributed by atoms with Crippen LogP contribution < -0.4 is 0 Å². The van der Waals surface area contributed by atoms with E-state index in [4.69, 9.17) is 4.74 Å². The normalized spacial score (nSPS) is 11.0. The Morgan fingerprint density at radius 1 is 1.64 bits per heavy atom. The van der Waals surface area contributed by atoms with Crippen molar-refractivity contribution in [3.05, 3.63) is 24.0 Å². The number of carbonyl (C=O) groups is 1. The maximum absolute atomic E-state index is 11.2. The van der Waals surface area contributed by atoms with Crippen LogP contribution in [0.2, 0.25) is 0 Å². The van der Waals surface area contributed by atoms with Gasteiger partial charge in [0.2, 0.25) is 5.78 Å². The predicted octanol–water partition coefficient (Wildman–Crippen LogP) is 2.07. The first-order chi connectivity index (χ1) is 5.13. The largest absolute Gasteiger partial charge is 0.490 e. The molecular weight excluding hydrogens is 140 g/mol. The third-order valence-corrected chi connectivity index (χ3v) is 1.36. The van der Waals surface area contributed by atoms with Crippen LogP contribution in [0.15, 0.2) is 24.0 Å². The summed E-state index contributed by atoms with van der Waals surface area (Å²) in [6, 6.07) is 0. The molecule has 0 aromatic rings. The standard InChI is InChI=1S/C9H14O2/c1-5-7(3)9(10)8(4)11-6-2/h5H,4,6H2,1-3H3/b7-5+. The van der Waals surface area contributed by atoms with Gasteiger partial charge in [0.1, 0.15) is 0 Å². The van der Waals surface area contributed by atoms with Crippen LogP contribution in [0.1, 0.15) is 20.8 Å². The summed E-state index contributed by atoms with van der Waals surface area (Å²) in [5.41, 5.74) is 0.670. The Bertz CT molecular complexity index is 190. The summed E-state index contributed by atoms with van der Waals surface area (Å²) in [6.45, 7) is 9.37. The Kier molecular flexibility index (Phi) is 4.27. The van der Waals surface area contributed by atoms with E-state index >= 15 is 0 Å². The highest BCUT2D eigenvalue weighted by Crippen LogP contribution is 2.04. The van der Waals surface area contributed by atoms with Gasteiger partial charge in [0.25, 0.3) is 0 Å². The number of hydrogen-bond acceptors (Lipinski definition) is 2. The number of Topliss-reactive ketones (excluding diaryl/α,β-unsaturated/α-hetero) is 1. The third kappa shape index (κ3) is 3.03. The minimum absolute atomic E-state index is 0.116. The molecule has 0 rings (SSSR count). The van der Waals surface area contributed by atoms with Gasteiger partial charge in [-0.25, -0.2) is 0 Å². The van der Waals surface area contributed by atoms with Crippen LogP contribution in [0, 0.1) is 0 Å². The summed E-state index contributed by atoms with van der Waals surface area (Å²) in [5, 5.41) is 0. The van der Waals surface area contributed by atoms with Crippen molar-refractivity contribution in [3.63, 3.8) is 0 Å². The third-order valence-electron chi connectivity index (χ3n) is 1.36. The van der Waals surface area contributed by atoms with Gasteiger partial charge in [-0.15, -0.1) is 0 Å². The Hall–Kier alpha value is -1.05. The second-order valence-corrected chi connectivity index (χ2v) is 2.16. The van der Waals surface area contributed by atoms with Crippen molar-refractivity contribution >= 4 is 5.78 Å². The number of hydrogen-bond donors (Lipinski definition) is 0. The molecule has 0 saturated carbocycles. The fourth-order valence-electron chi connectivity index (χ4n) is 0.591. The van der Waals surface area contributed by atoms with Crippen LogP contribution in [0.5, 0.6) is 0 Å². The maximum atomic E-state index is 11.2. The molecular formula is C9H14O2. The second kappa shape index (κ2) is 4.72.